The predicted molar refractivity (Wildman–Crippen MR) is 69.9 cm³/mol. The molecule has 1 atom stereocenters. The highest BCUT2D eigenvalue weighted by Gasteiger charge is 2.35. The molecule has 1 aromatic rings. The van der Waals surface area contributed by atoms with Crippen LogP contribution in [-0.4, -0.2) is 23.0 Å². The van der Waals surface area contributed by atoms with E-state index in [4.69, 9.17) is 5.11 Å². The summed E-state index contributed by atoms with van der Waals surface area (Å²) in [5, 5.41) is 11.1. The number of carboxylic acid groups (broad SMARTS) is 1. The summed E-state index contributed by atoms with van der Waals surface area (Å²) in [6.45, 7) is 1.80. The molecule has 0 aromatic heterocycles. The number of hydrogen-bond donors (Lipinski definition) is 2. The molecule has 0 aliphatic rings. The van der Waals surface area contributed by atoms with Crippen molar-refractivity contribution < 1.29 is 27.9 Å². The summed E-state index contributed by atoms with van der Waals surface area (Å²) in [6, 6.07) is 3.72. The van der Waals surface area contributed by atoms with Crippen LogP contribution in [0.4, 0.5) is 13.2 Å². The van der Waals surface area contributed by atoms with Crippen LogP contribution in [0.15, 0.2) is 24.3 Å². The van der Waals surface area contributed by atoms with E-state index < -0.39 is 35.2 Å². The van der Waals surface area contributed by atoms with Crippen LogP contribution < -0.4 is 5.32 Å². The van der Waals surface area contributed by atoms with Gasteiger partial charge in [-0.05, 0) is 18.6 Å². The Morgan fingerprint density at radius 3 is 2.43 bits per heavy atom. The number of aliphatic carboxylic acids is 1. The van der Waals surface area contributed by atoms with E-state index in [9.17, 15) is 22.8 Å². The average molecular weight is 303 g/mol. The van der Waals surface area contributed by atoms with Crippen LogP contribution in [0.1, 0.15) is 42.1 Å². The number of amides is 1. The van der Waals surface area contributed by atoms with Gasteiger partial charge in [-0.2, -0.15) is 13.2 Å². The fourth-order valence-electron chi connectivity index (χ4n) is 1.98. The zero-order valence-corrected chi connectivity index (χ0v) is 11.4. The van der Waals surface area contributed by atoms with Crippen molar-refractivity contribution in [3.8, 4) is 0 Å². The van der Waals surface area contributed by atoms with E-state index in [1.54, 1.807) is 6.92 Å². The van der Waals surface area contributed by atoms with E-state index in [1.807, 2.05) is 0 Å². The van der Waals surface area contributed by atoms with E-state index in [2.05, 4.69) is 5.32 Å². The summed E-state index contributed by atoms with van der Waals surface area (Å²) in [5.74, 6) is -2.03. The van der Waals surface area contributed by atoms with Crippen molar-refractivity contribution in [2.45, 2.75) is 38.4 Å². The molecule has 0 spiro atoms. The van der Waals surface area contributed by atoms with E-state index >= 15 is 0 Å². The van der Waals surface area contributed by atoms with Gasteiger partial charge in [0.2, 0.25) is 0 Å². The molecule has 21 heavy (non-hydrogen) atoms. The van der Waals surface area contributed by atoms with E-state index in [0.29, 0.717) is 12.8 Å². The predicted octanol–water partition coefficient (Wildman–Crippen LogP) is 3.08. The molecule has 4 nitrogen and oxygen atoms in total. The highest BCUT2D eigenvalue weighted by atomic mass is 19.4. The lowest BCUT2D eigenvalue weighted by atomic mass is 10.0. The first-order valence-electron chi connectivity index (χ1n) is 6.44. The van der Waals surface area contributed by atoms with Crippen LogP contribution in [0.5, 0.6) is 0 Å². The molecule has 0 aliphatic heterocycles. The second-order valence-corrected chi connectivity index (χ2v) is 4.60. The summed E-state index contributed by atoms with van der Waals surface area (Å²) >= 11 is 0. The Morgan fingerprint density at radius 1 is 1.29 bits per heavy atom. The van der Waals surface area contributed by atoms with Crippen LogP contribution in [0.2, 0.25) is 0 Å². The smallest absolute Gasteiger partial charge is 0.417 e. The molecule has 1 amide bonds. The highest BCUT2D eigenvalue weighted by Crippen LogP contribution is 2.31. The quantitative estimate of drug-likeness (QED) is 0.848. The normalized spacial score (nSPS) is 12.8. The third-order valence-corrected chi connectivity index (χ3v) is 2.87. The van der Waals surface area contributed by atoms with E-state index in [-0.39, 0.29) is 6.42 Å². The summed E-state index contributed by atoms with van der Waals surface area (Å²) < 4.78 is 38.5. The third kappa shape index (κ3) is 5.09. The maximum absolute atomic E-state index is 12.8. The number of carbonyl (C=O) groups is 2. The number of alkyl halides is 3. The number of benzene rings is 1. The van der Waals surface area contributed by atoms with Gasteiger partial charge in [0.1, 0.15) is 0 Å². The number of hydrogen-bond acceptors (Lipinski definition) is 2. The van der Waals surface area contributed by atoms with Crippen molar-refractivity contribution in [1.29, 1.82) is 0 Å². The van der Waals surface area contributed by atoms with Gasteiger partial charge >= 0.3 is 12.1 Å². The summed E-state index contributed by atoms with van der Waals surface area (Å²) in [7, 11) is 0. The van der Waals surface area contributed by atoms with Gasteiger partial charge in [-0.15, -0.1) is 0 Å². The number of halogens is 3. The zero-order chi connectivity index (χ0) is 16.0. The standard InChI is InChI=1S/C14H16F3NO3/c1-2-5-9(8-12(19)20)18-13(21)10-6-3-4-7-11(10)14(15,16)17/h3-4,6-7,9H,2,5,8H2,1H3,(H,18,21)(H,19,20). The Kier molecular flexibility index (Phi) is 5.75. The minimum Gasteiger partial charge on any atom is -0.481 e. The summed E-state index contributed by atoms with van der Waals surface area (Å²) in [5.41, 5.74) is -1.54. The van der Waals surface area contributed by atoms with E-state index in [0.717, 1.165) is 12.1 Å². The first-order chi connectivity index (χ1) is 9.75. The van der Waals surface area contributed by atoms with Gasteiger partial charge < -0.3 is 10.4 Å². The lowest BCUT2D eigenvalue weighted by Crippen LogP contribution is -2.37. The maximum atomic E-state index is 12.8. The van der Waals surface area contributed by atoms with E-state index in [1.165, 1.54) is 12.1 Å². The SMILES string of the molecule is CCCC(CC(=O)O)NC(=O)c1ccccc1C(F)(F)F. The van der Waals surface area contributed by atoms with Crippen molar-refractivity contribution >= 4 is 11.9 Å². The van der Waals surface area contributed by atoms with Crippen molar-refractivity contribution in [3.63, 3.8) is 0 Å². The molecular formula is C14H16F3NO3. The van der Waals surface area contributed by atoms with Gasteiger partial charge in [0.15, 0.2) is 0 Å². The number of nitrogens with one attached hydrogen (secondary N) is 1. The molecule has 2 N–H and O–H groups in total. The second-order valence-electron chi connectivity index (χ2n) is 4.60. The number of carboxylic acids is 1. The van der Waals surface area contributed by atoms with Crippen LogP contribution in [-0.2, 0) is 11.0 Å². The summed E-state index contributed by atoms with van der Waals surface area (Å²) in [6.07, 6.45) is -3.97. The maximum Gasteiger partial charge on any atom is 0.417 e. The van der Waals surface area contributed by atoms with Gasteiger partial charge in [-0.3, -0.25) is 9.59 Å². The van der Waals surface area contributed by atoms with Crippen molar-refractivity contribution in [3.05, 3.63) is 35.4 Å². The van der Waals surface area contributed by atoms with Crippen molar-refractivity contribution in [2.75, 3.05) is 0 Å². The van der Waals surface area contributed by atoms with Crippen LogP contribution in [0.3, 0.4) is 0 Å². The Bertz CT molecular complexity index is 514. The average Bonchev–Trinajstić information content (AvgIpc) is 2.37. The van der Waals surface area contributed by atoms with Crippen molar-refractivity contribution in [2.24, 2.45) is 0 Å². The van der Waals surface area contributed by atoms with Gasteiger partial charge in [-0.25, -0.2) is 0 Å². The minimum absolute atomic E-state index is 0.326. The second kappa shape index (κ2) is 7.10. The Labute approximate surface area is 120 Å². The van der Waals surface area contributed by atoms with Crippen LogP contribution >= 0.6 is 0 Å². The molecule has 0 heterocycles. The topological polar surface area (TPSA) is 66.4 Å². The zero-order valence-electron chi connectivity index (χ0n) is 11.4. The highest BCUT2D eigenvalue weighted by molar-refractivity contribution is 5.96. The van der Waals surface area contributed by atoms with Gasteiger partial charge in [-0.1, -0.05) is 25.5 Å². The number of carbonyl (C=O) groups excluding carboxylic acids is 1. The lowest BCUT2D eigenvalue weighted by Gasteiger charge is -2.18. The third-order valence-electron chi connectivity index (χ3n) is 2.87. The molecule has 0 fully saturated rings. The Morgan fingerprint density at radius 2 is 1.90 bits per heavy atom. The molecule has 116 valence electrons. The first kappa shape index (κ1) is 17.0. The Hall–Kier alpha value is -2.05. The minimum atomic E-state index is -4.64. The van der Waals surface area contributed by atoms with Crippen molar-refractivity contribution in [1.82, 2.24) is 5.32 Å². The molecule has 1 aromatic carbocycles. The molecule has 0 saturated carbocycles. The molecule has 0 radical (unpaired) electrons. The fourth-order valence-corrected chi connectivity index (χ4v) is 1.98. The molecular weight excluding hydrogens is 287 g/mol. The monoisotopic (exact) mass is 303 g/mol. The van der Waals surface area contributed by atoms with Gasteiger partial charge in [0.05, 0.1) is 17.5 Å². The van der Waals surface area contributed by atoms with Gasteiger partial charge in [0, 0.05) is 6.04 Å². The molecule has 7 heteroatoms. The molecule has 0 aliphatic carbocycles. The number of rotatable bonds is 6. The van der Waals surface area contributed by atoms with Gasteiger partial charge in [0.25, 0.3) is 5.91 Å². The lowest BCUT2D eigenvalue weighted by molar-refractivity contribution is -0.138. The fraction of sp³-hybridized carbons (Fsp3) is 0.429. The largest absolute Gasteiger partial charge is 0.481 e. The van der Waals surface area contributed by atoms with Crippen LogP contribution in [0, 0.1) is 0 Å². The summed E-state index contributed by atoms with van der Waals surface area (Å²) in [4.78, 5) is 22.7. The molecule has 0 saturated heterocycles. The molecule has 1 rings (SSSR count). The first-order valence-corrected chi connectivity index (χ1v) is 6.44. The molecule has 1 unspecified atom stereocenters. The Balaban J connectivity index is 2.95. The molecule has 0 bridgehead atoms. The van der Waals surface area contributed by atoms with Crippen LogP contribution in [0.25, 0.3) is 0 Å².